The number of rotatable bonds is 4. The Labute approximate surface area is 60.6 Å². The van der Waals surface area contributed by atoms with Crippen LogP contribution in [0.15, 0.2) is 5.22 Å². The Bertz CT molecular complexity index is 106. The molecule has 0 fully saturated rings. The van der Waals surface area contributed by atoms with Crippen molar-refractivity contribution in [3.05, 3.63) is 0 Å². The molecular formula is C5H14N4O. The standard InChI is InChI=1S/C5H14N4O/c1-4(6)9(8-7)5(2)10-3/h4-5,7H,6H2,1-3H3. The molecule has 3 N–H and O–H groups in total. The zero-order chi connectivity index (χ0) is 8.15. The largest absolute Gasteiger partial charge is 0.360 e. The third-order valence-corrected chi connectivity index (χ3v) is 1.25. The summed E-state index contributed by atoms with van der Waals surface area (Å²) >= 11 is 0. The number of nitrogens with two attached hydrogens (primary N) is 1. The van der Waals surface area contributed by atoms with Gasteiger partial charge in [-0.3, -0.25) is 0 Å². The van der Waals surface area contributed by atoms with E-state index in [-0.39, 0.29) is 12.4 Å². The van der Waals surface area contributed by atoms with E-state index >= 15 is 0 Å². The summed E-state index contributed by atoms with van der Waals surface area (Å²) in [5, 5.41) is 4.55. The van der Waals surface area contributed by atoms with Gasteiger partial charge >= 0.3 is 0 Å². The second-order valence-corrected chi connectivity index (χ2v) is 2.06. The van der Waals surface area contributed by atoms with Gasteiger partial charge in [0.2, 0.25) is 0 Å². The Kier molecular flexibility index (Phi) is 3.90. The highest BCUT2D eigenvalue weighted by molar-refractivity contribution is 4.54. The summed E-state index contributed by atoms with van der Waals surface area (Å²) in [5.41, 5.74) is 12.2. The van der Waals surface area contributed by atoms with E-state index in [0.717, 1.165) is 0 Å². The highest BCUT2D eigenvalue weighted by Gasteiger charge is 2.13. The van der Waals surface area contributed by atoms with Gasteiger partial charge in [0.25, 0.3) is 0 Å². The first-order chi connectivity index (χ1) is 4.63. The molecule has 0 aromatic rings. The Morgan fingerprint density at radius 3 is 2.20 bits per heavy atom. The van der Waals surface area contributed by atoms with Gasteiger partial charge in [0, 0.05) is 7.11 Å². The lowest BCUT2D eigenvalue weighted by atomic mass is 10.5. The van der Waals surface area contributed by atoms with E-state index in [1.54, 1.807) is 21.0 Å². The molecule has 0 aliphatic rings. The predicted octanol–water partition coefficient (Wildman–Crippen LogP) is 0.531. The van der Waals surface area contributed by atoms with Crippen LogP contribution in [0.4, 0.5) is 0 Å². The minimum atomic E-state index is -0.285. The molecule has 2 unspecified atom stereocenters. The van der Waals surface area contributed by atoms with Crippen LogP contribution >= 0.6 is 0 Å². The van der Waals surface area contributed by atoms with Crippen molar-refractivity contribution in [1.82, 2.24) is 5.01 Å². The van der Waals surface area contributed by atoms with Crippen LogP contribution in [-0.4, -0.2) is 24.5 Å². The lowest BCUT2D eigenvalue weighted by Gasteiger charge is -2.26. The molecular weight excluding hydrogens is 132 g/mol. The fourth-order valence-electron chi connectivity index (χ4n) is 0.612. The zero-order valence-electron chi connectivity index (χ0n) is 6.53. The van der Waals surface area contributed by atoms with E-state index < -0.39 is 0 Å². The fraction of sp³-hybridized carbons (Fsp3) is 1.00. The second-order valence-electron chi connectivity index (χ2n) is 2.06. The molecule has 10 heavy (non-hydrogen) atoms. The molecule has 0 aromatic carbocycles. The van der Waals surface area contributed by atoms with E-state index in [1.165, 1.54) is 5.01 Å². The highest BCUT2D eigenvalue weighted by Crippen LogP contribution is 2.01. The third kappa shape index (κ3) is 2.28. The van der Waals surface area contributed by atoms with Crippen molar-refractivity contribution in [2.75, 3.05) is 7.11 Å². The molecule has 0 spiro atoms. The lowest BCUT2D eigenvalue weighted by Crippen LogP contribution is -2.41. The Morgan fingerprint density at radius 2 is 2.10 bits per heavy atom. The van der Waals surface area contributed by atoms with Crippen molar-refractivity contribution in [3.63, 3.8) is 0 Å². The first-order valence-corrected chi connectivity index (χ1v) is 3.07. The first kappa shape index (κ1) is 9.32. The van der Waals surface area contributed by atoms with Crippen LogP contribution in [0.3, 0.4) is 0 Å². The van der Waals surface area contributed by atoms with E-state index in [9.17, 15) is 0 Å². The maximum absolute atomic E-state index is 6.72. The molecule has 5 nitrogen and oxygen atoms in total. The van der Waals surface area contributed by atoms with Crippen LogP contribution in [0, 0.1) is 5.53 Å². The molecule has 5 heteroatoms. The van der Waals surface area contributed by atoms with Crippen LogP contribution in [0.25, 0.3) is 0 Å². The van der Waals surface area contributed by atoms with Gasteiger partial charge in [-0.25, -0.2) is 5.01 Å². The van der Waals surface area contributed by atoms with Crippen molar-refractivity contribution in [2.24, 2.45) is 11.0 Å². The van der Waals surface area contributed by atoms with E-state index in [1.807, 2.05) is 0 Å². The number of hydrogen-bond acceptors (Lipinski definition) is 4. The summed E-state index contributed by atoms with van der Waals surface area (Å²) < 4.78 is 4.90. The Morgan fingerprint density at radius 1 is 1.60 bits per heavy atom. The topological polar surface area (TPSA) is 74.7 Å². The molecule has 0 saturated heterocycles. The molecule has 0 saturated carbocycles. The van der Waals surface area contributed by atoms with Crippen LogP contribution in [0.1, 0.15) is 13.8 Å². The Hall–Kier alpha value is -0.680. The summed E-state index contributed by atoms with van der Waals surface area (Å²) in [4.78, 5) is 0. The van der Waals surface area contributed by atoms with E-state index in [2.05, 4.69) is 5.22 Å². The number of methoxy groups -OCH3 is 1. The smallest absolute Gasteiger partial charge is 0.146 e. The lowest BCUT2D eigenvalue weighted by molar-refractivity contribution is -0.0444. The SMILES string of the molecule is COC(C)N(N=N)C(C)N. The molecule has 0 radical (unpaired) electrons. The molecule has 0 rings (SSSR count). The van der Waals surface area contributed by atoms with Crippen molar-refractivity contribution in [3.8, 4) is 0 Å². The number of nitrogens with zero attached hydrogens (tertiary/aromatic N) is 2. The maximum Gasteiger partial charge on any atom is 0.146 e. The van der Waals surface area contributed by atoms with Gasteiger partial charge in [0.1, 0.15) is 6.23 Å². The molecule has 0 aliphatic carbocycles. The normalized spacial score (nSPS) is 16.0. The van der Waals surface area contributed by atoms with Gasteiger partial charge < -0.3 is 10.5 Å². The minimum absolute atomic E-state index is 0.238. The number of hydrogen-bond donors (Lipinski definition) is 2. The summed E-state index contributed by atoms with van der Waals surface area (Å²) in [6.45, 7) is 3.52. The summed E-state index contributed by atoms with van der Waals surface area (Å²) in [6.07, 6.45) is -0.523. The third-order valence-electron chi connectivity index (χ3n) is 1.25. The van der Waals surface area contributed by atoms with Crippen molar-refractivity contribution in [1.29, 1.82) is 5.53 Å². The van der Waals surface area contributed by atoms with Crippen molar-refractivity contribution < 1.29 is 4.74 Å². The van der Waals surface area contributed by atoms with E-state index in [0.29, 0.717) is 0 Å². The average Bonchev–Trinajstić information content (AvgIpc) is 1.88. The number of nitrogens with one attached hydrogen (secondary N) is 1. The first-order valence-electron chi connectivity index (χ1n) is 3.07. The maximum atomic E-state index is 6.72. The van der Waals surface area contributed by atoms with Crippen LogP contribution in [0.5, 0.6) is 0 Å². The monoisotopic (exact) mass is 146 g/mol. The van der Waals surface area contributed by atoms with Gasteiger partial charge in [-0.15, -0.1) is 0 Å². The van der Waals surface area contributed by atoms with Gasteiger partial charge in [0.05, 0.1) is 6.17 Å². The average molecular weight is 146 g/mol. The highest BCUT2D eigenvalue weighted by atomic mass is 16.5. The molecule has 0 aromatic heterocycles. The van der Waals surface area contributed by atoms with Crippen LogP contribution in [-0.2, 0) is 4.74 Å². The van der Waals surface area contributed by atoms with Gasteiger partial charge in [-0.1, -0.05) is 5.22 Å². The predicted molar refractivity (Wildman–Crippen MR) is 37.1 cm³/mol. The number of ether oxygens (including phenoxy) is 1. The van der Waals surface area contributed by atoms with Gasteiger partial charge in [-0.05, 0) is 13.8 Å². The Balaban J connectivity index is 3.92. The molecule has 0 aliphatic heterocycles. The zero-order valence-corrected chi connectivity index (χ0v) is 6.53. The van der Waals surface area contributed by atoms with Crippen molar-refractivity contribution in [2.45, 2.75) is 26.2 Å². The molecule has 0 bridgehead atoms. The minimum Gasteiger partial charge on any atom is -0.360 e. The summed E-state index contributed by atoms with van der Waals surface area (Å²) in [7, 11) is 1.55. The van der Waals surface area contributed by atoms with Crippen molar-refractivity contribution >= 4 is 0 Å². The molecule has 2 atom stereocenters. The van der Waals surface area contributed by atoms with E-state index in [4.69, 9.17) is 16.0 Å². The fourth-order valence-corrected chi connectivity index (χ4v) is 0.612. The molecule has 0 heterocycles. The van der Waals surface area contributed by atoms with Gasteiger partial charge in [-0.2, -0.15) is 5.53 Å². The van der Waals surface area contributed by atoms with Crippen LogP contribution in [0.2, 0.25) is 0 Å². The second kappa shape index (κ2) is 4.19. The molecule has 60 valence electrons. The summed E-state index contributed by atoms with van der Waals surface area (Å²) in [6, 6.07) is 0. The van der Waals surface area contributed by atoms with Gasteiger partial charge in [0.15, 0.2) is 0 Å². The molecule has 0 amide bonds. The quantitative estimate of drug-likeness (QED) is 0.345. The van der Waals surface area contributed by atoms with Crippen LogP contribution < -0.4 is 5.73 Å². The summed E-state index contributed by atoms with van der Waals surface area (Å²) in [5.74, 6) is 0.